The number of alkyl halides is 2. The van der Waals surface area contributed by atoms with Crippen LogP contribution in [0.1, 0.15) is 13.8 Å². The van der Waals surface area contributed by atoms with Crippen molar-refractivity contribution in [3.8, 4) is 0 Å². The average Bonchev–Trinajstić information content (AvgIpc) is 2.30. The van der Waals surface area contributed by atoms with Crippen LogP contribution in [0.4, 0.5) is 0 Å². The molecule has 1 aliphatic rings. The molecule has 1 heterocycles. The van der Waals surface area contributed by atoms with E-state index in [4.69, 9.17) is 0 Å². The molecular weight excluding hydrogens is 334 g/mol. The van der Waals surface area contributed by atoms with Gasteiger partial charge in [0.25, 0.3) is 5.91 Å². The third-order valence-corrected chi connectivity index (χ3v) is 6.61. The highest BCUT2D eigenvalue weighted by atomic mass is 79.9. The maximum absolute atomic E-state index is 11.9. The number of likely N-dealkylation sites (tertiary alicyclic amines) is 1. The van der Waals surface area contributed by atoms with Gasteiger partial charge in [-0.05, 0) is 12.7 Å². The van der Waals surface area contributed by atoms with E-state index in [1.807, 2.05) is 6.92 Å². The van der Waals surface area contributed by atoms with Crippen LogP contribution in [0.15, 0.2) is 0 Å². The molecule has 0 aromatic carbocycles. The molecule has 14 heavy (non-hydrogen) atoms. The Morgan fingerprint density at radius 2 is 2.07 bits per heavy atom. The van der Waals surface area contributed by atoms with Gasteiger partial charge >= 0.3 is 0 Å². The van der Waals surface area contributed by atoms with Gasteiger partial charge in [0.1, 0.15) is 4.83 Å². The third kappa shape index (κ3) is 1.76. The van der Waals surface area contributed by atoms with Crippen molar-refractivity contribution in [3.05, 3.63) is 0 Å². The van der Waals surface area contributed by atoms with Crippen molar-refractivity contribution in [1.29, 1.82) is 0 Å². The lowest BCUT2D eigenvalue weighted by atomic mass is 10.3. The van der Waals surface area contributed by atoms with E-state index in [1.165, 1.54) is 16.7 Å². The highest BCUT2D eigenvalue weighted by molar-refractivity contribution is 9.14. The Bertz CT molecular complexity index is 274. The minimum absolute atomic E-state index is 0.154. The van der Waals surface area contributed by atoms with Crippen LogP contribution in [-0.2, 0) is 9.59 Å². The smallest absolute Gasteiger partial charge is 0.257 e. The number of carbonyl (C=O) groups is 2. The second-order valence-electron chi connectivity index (χ2n) is 2.83. The van der Waals surface area contributed by atoms with E-state index in [9.17, 15) is 9.59 Å². The van der Waals surface area contributed by atoms with E-state index < -0.39 is 8.48 Å². The van der Waals surface area contributed by atoms with E-state index in [0.29, 0.717) is 6.54 Å². The minimum atomic E-state index is -0.811. The van der Waals surface area contributed by atoms with Crippen LogP contribution in [0, 0.1) is 0 Å². The van der Waals surface area contributed by atoms with Crippen LogP contribution in [0.25, 0.3) is 0 Å². The first-order chi connectivity index (χ1) is 6.49. The number of amides is 2. The number of hydrogen-bond donors (Lipinski definition) is 0. The summed E-state index contributed by atoms with van der Waals surface area (Å²) in [6.45, 7) is 4.18. The van der Waals surface area contributed by atoms with E-state index in [0.717, 1.165) is 5.75 Å². The van der Waals surface area contributed by atoms with Gasteiger partial charge < -0.3 is 0 Å². The van der Waals surface area contributed by atoms with Crippen LogP contribution in [0.5, 0.6) is 0 Å². The molecule has 1 saturated heterocycles. The second kappa shape index (κ2) is 4.53. The van der Waals surface area contributed by atoms with Gasteiger partial charge in [0.05, 0.1) is 0 Å². The van der Waals surface area contributed by atoms with Gasteiger partial charge in [-0.2, -0.15) is 0 Å². The van der Waals surface area contributed by atoms with Crippen LogP contribution in [-0.4, -0.2) is 37.5 Å². The van der Waals surface area contributed by atoms with Crippen molar-refractivity contribution < 1.29 is 9.59 Å². The lowest BCUT2D eigenvalue weighted by Crippen LogP contribution is -2.35. The van der Waals surface area contributed by atoms with Crippen LogP contribution >= 0.6 is 43.6 Å². The van der Waals surface area contributed by atoms with Crippen molar-refractivity contribution in [2.24, 2.45) is 0 Å². The number of hydrogen-bond acceptors (Lipinski definition) is 3. The molecule has 0 aromatic rings. The molecular formula is C8H11Br2NO2S. The van der Waals surface area contributed by atoms with E-state index >= 15 is 0 Å². The van der Waals surface area contributed by atoms with Gasteiger partial charge in [0, 0.05) is 6.54 Å². The van der Waals surface area contributed by atoms with Crippen molar-refractivity contribution in [2.45, 2.75) is 22.3 Å². The van der Waals surface area contributed by atoms with Crippen molar-refractivity contribution >= 4 is 55.4 Å². The fourth-order valence-corrected chi connectivity index (χ4v) is 4.17. The van der Waals surface area contributed by atoms with Gasteiger partial charge in [-0.25, -0.2) is 0 Å². The standard InChI is InChI=1S/C8H11Br2NO2S/c1-3-11-6(12)5(9)8(10,7(11)13)14-4-2/h5H,3-4H2,1-2H3. The Labute approximate surface area is 104 Å². The topological polar surface area (TPSA) is 37.4 Å². The molecule has 0 spiro atoms. The number of imide groups is 1. The van der Waals surface area contributed by atoms with Crippen LogP contribution in [0.2, 0.25) is 0 Å². The molecule has 2 atom stereocenters. The van der Waals surface area contributed by atoms with Gasteiger partial charge in [-0.3, -0.25) is 14.5 Å². The molecule has 2 amide bonds. The first-order valence-corrected chi connectivity index (χ1v) is 7.01. The molecule has 2 unspecified atom stereocenters. The monoisotopic (exact) mass is 343 g/mol. The quantitative estimate of drug-likeness (QED) is 0.580. The molecule has 80 valence electrons. The molecule has 3 nitrogen and oxygen atoms in total. The lowest BCUT2D eigenvalue weighted by Gasteiger charge is -2.20. The summed E-state index contributed by atoms with van der Waals surface area (Å²) in [5.41, 5.74) is 0. The summed E-state index contributed by atoms with van der Waals surface area (Å²) in [5, 5.41) is 0. The zero-order valence-electron chi connectivity index (χ0n) is 7.92. The predicted octanol–water partition coefficient (Wildman–Crippen LogP) is 1.98. The van der Waals surface area contributed by atoms with E-state index in [2.05, 4.69) is 31.9 Å². The van der Waals surface area contributed by atoms with Gasteiger partial charge in [-0.1, -0.05) is 38.8 Å². The second-order valence-corrected chi connectivity index (χ2v) is 7.03. The van der Waals surface area contributed by atoms with Gasteiger partial charge in [-0.15, -0.1) is 11.8 Å². The molecule has 1 aliphatic heterocycles. The molecule has 0 saturated carbocycles. The van der Waals surface area contributed by atoms with Crippen molar-refractivity contribution in [1.82, 2.24) is 4.90 Å². The summed E-state index contributed by atoms with van der Waals surface area (Å²) in [6, 6.07) is 0. The molecule has 6 heteroatoms. The summed E-state index contributed by atoms with van der Waals surface area (Å²) >= 11 is 8.07. The van der Waals surface area contributed by atoms with E-state index in [-0.39, 0.29) is 11.8 Å². The maximum Gasteiger partial charge on any atom is 0.257 e. The maximum atomic E-state index is 11.9. The summed E-state index contributed by atoms with van der Waals surface area (Å²) in [7, 11) is 0. The highest BCUT2D eigenvalue weighted by Gasteiger charge is 2.56. The molecule has 0 radical (unpaired) electrons. The number of carbonyl (C=O) groups excluding carboxylic acids is 2. The summed E-state index contributed by atoms with van der Waals surface area (Å²) in [5.74, 6) is 0.471. The molecule has 1 rings (SSSR count). The Kier molecular flexibility index (Phi) is 4.05. The molecule has 0 aromatic heterocycles. The van der Waals surface area contributed by atoms with Crippen LogP contribution in [0.3, 0.4) is 0 Å². The number of rotatable bonds is 3. The summed E-state index contributed by atoms with van der Waals surface area (Å²) in [4.78, 5) is 24.3. The predicted molar refractivity (Wildman–Crippen MR) is 64.9 cm³/mol. The Balaban J connectivity index is 2.99. The van der Waals surface area contributed by atoms with Crippen molar-refractivity contribution in [3.63, 3.8) is 0 Å². The Morgan fingerprint density at radius 3 is 2.43 bits per heavy atom. The molecule has 0 bridgehead atoms. The molecule has 0 aliphatic carbocycles. The highest BCUT2D eigenvalue weighted by Crippen LogP contribution is 2.46. The average molecular weight is 345 g/mol. The Morgan fingerprint density at radius 1 is 1.50 bits per heavy atom. The van der Waals surface area contributed by atoms with E-state index in [1.54, 1.807) is 6.92 Å². The number of halogens is 2. The largest absolute Gasteiger partial charge is 0.280 e. The third-order valence-electron chi connectivity index (χ3n) is 2.02. The Hall–Kier alpha value is 0.450. The molecule has 0 N–H and O–H groups in total. The van der Waals surface area contributed by atoms with Gasteiger partial charge in [0.15, 0.2) is 3.66 Å². The lowest BCUT2D eigenvalue weighted by molar-refractivity contribution is -0.137. The number of nitrogens with zero attached hydrogens (tertiary/aromatic N) is 1. The summed E-state index contributed by atoms with van der Waals surface area (Å²) in [6.07, 6.45) is 0. The summed E-state index contributed by atoms with van der Waals surface area (Å²) < 4.78 is -0.811. The van der Waals surface area contributed by atoms with Crippen LogP contribution < -0.4 is 0 Å². The fraction of sp³-hybridized carbons (Fsp3) is 0.750. The van der Waals surface area contributed by atoms with Gasteiger partial charge in [0.2, 0.25) is 5.91 Å². The SMILES string of the molecule is CCSC1(Br)C(=O)N(CC)C(=O)C1Br. The zero-order chi connectivity index (χ0) is 10.9. The number of thioether (sulfide) groups is 1. The minimum Gasteiger partial charge on any atom is -0.280 e. The zero-order valence-corrected chi connectivity index (χ0v) is 11.9. The normalized spacial score (nSPS) is 32.9. The van der Waals surface area contributed by atoms with Crippen molar-refractivity contribution in [2.75, 3.05) is 12.3 Å². The fourth-order valence-electron chi connectivity index (χ4n) is 1.33. The first kappa shape index (κ1) is 12.5. The first-order valence-electron chi connectivity index (χ1n) is 4.31. The molecule has 1 fully saturated rings.